The zero-order valence-electron chi connectivity index (χ0n) is 16.4. The molecule has 10 nitrogen and oxygen atoms in total. The second-order valence-electron chi connectivity index (χ2n) is 6.23. The molecule has 0 aliphatic heterocycles. The van der Waals surface area contributed by atoms with E-state index in [1.54, 1.807) is 18.5 Å². The van der Waals surface area contributed by atoms with Crippen molar-refractivity contribution in [2.45, 2.75) is 5.16 Å². The van der Waals surface area contributed by atoms with E-state index >= 15 is 0 Å². The molecule has 4 rings (SSSR count). The molecular weight excluding hydrogens is 450 g/mol. The normalized spacial score (nSPS) is 11.0. The molecule has 0 saturated carbocycles. The van der Waals surface area contributed by atoms with Crippen LogP contribution in [0.1, 0.15) is 4.88 Å². The highest BCUT2D eigenvalue weighted by atomic mass is 32.2. The van der Waals surface area contributed by atoms with Crippen LogP contribution in [0, 0.1) is 10.1 Å². The Labute approximate surface area is 190 Å². The largest absolute Gasteiger partial charge is 0.324 e. The summed E-state index contributed by atoms with van der Waals surface area (Å²) in [5.41, 5.74) is 4.13. The Morgan fingerprint density at radius 1 is 1.16 bits per heavy atom. The highest BCUT2D eigenvalue weighted by Crippen LogP contribution is 2.27. The zero-order chi connectivity index (χ0) is 22.3. The lowest BCUT2D eigenvalue weighted by molar-refractivity contribution is -0.380. The lowest BCUT2D eigenvalue weighted by Crippen LogP contribution is -2.19. The standard InChI is InChI=1S/C20H15N7O3S2/c28-17(23-22-12-16-6-7-18(32-16)27(29)30)13-31-20-25-24-19(14-8-10-21-11-9-14)26(20)15-4-2-1-3-5-15/h1-12H,13H2,(H,23,28). The number of carbonyl (C=O) groups is 1. The molecule has 32 heavy (non-hydrogen) atoms. The van der Waals surface area contributed by atoms with Gasteiger partial charge in [-0.15, -0.1) is 10.2 Å². The van der Waals surface area contributed by atoms with Crippen LogP contribution in [0.2, 0.25) is 0 Å². The first-order chi connectivity index (χ1) is 15.6. The quantitative estimate of drug-likeness (QED) is 0.182. The van der Waals surface area contributed by atoms with Gasteiger partial charge in [-0.1, -0.05) is 41.3 Å². The van der Waals surface area contributed by atoms with Gasteiger partial charge in [-0.2, -0.15) is 5.10 Å². The van der Waals surface area contributed by atoms with Crippen molar-refractivity contribution in [3.05, 3.63) is 82.0 Å². The number of benzene rings is 1. The molecule has 0 aliphatic carbocycles. The Morgan fingerprint density at radius 3 is 2.66 bits per heavy atom. The van der Waals surface area contributed by atoms with E-state index in [4.69, 9.17) is 0 Å². The number of pyridine rings is 1. The summed E-state index contributed by atoms with van der Waals surface area (Å²) in [4.78, 5) is 27.1. The number of carbonyl (C=O) groups excluding carboxylic acids is 1. The molecule has 160 valence electrons. The predicted octanol–water partition coefficient (Wildman–Crippen LogP) is 3.54. The number of aromatic nitrogens is 4. The van der Waals surface area contributed by atoms with Crippen LogP contribution < -0.4 is 5.43 Å². The molecule has 0 radical (unpaired) electrons. The van der Waals surface area contributed by atoms with Crippen molar-refractivity contribution >= 4 is 40.2 Å². The van der Waals surface area contributed by atoms with Gasteiger partial charge in [0.15, 0.2) is 11.0 Å². The molecule has 3 heterocycles. The molecule has 1 N–H and O–H groups in total. The summed E-state index contributed by atoms with van der Waals surface area (Å²) in [5, 5.41) is 23.7. The van der Waals surface area contributed by atoms with E-state index in [1.807, 2.05) is 47.0 Å². The second-order valence-corrected chi connectivity index (χ2v) is 8.26. The van der Waals surface area contributed by atoms with E-state index in [-0.39, 0.29) is 16.7 Å². The highest BCUT2D eigenvalue weighted by Gasteiger charge is 2.17. The average Bonchev–Trinajstić information content (AvgIpc) is 3.46. The Kier molecular flexibility index (Phi) is 6.63. The van der Waals surface area contributed by atoms with Crippen molar-refractivity contribution in [2.75, 3.05) is 5.75 Å². The average molecular weight is 466 g/mol. The second kappa shape index (κ2) is 9.94. The topological polar surface area (TPSA) is 128 Å². The van der Waals surface area contributed by atoms with Crippen molar-refractivity contribution in [3.63, 3.8) is 0 Å². The van der Waals surface area contributed by atoms with E-state index in [0.717, 1.165) is 22.6 Å². The van der Waals surface area contributed by atoms with Gasteiger partial charge in [0.05, 0.1) is 21.8 Å². The lowest BCUT2D eigenvalue weighted by atomic mass is 10.2. The van der Waals surface area contributed by atoms with E-state index in [1.165, 1.54) is 24.0 Å². The first-order valence-electron chi connectivity index (χ1n) is 9.22. The molecule has 1 amide bonds. The van der Waals surface area contributed by atoms with Gasteiger partial charge in [0.25, 0.3) is 5.91 Å². The van der Waals surface area contributed by atoms with Crippen LogP contribution in [0.4, 0.5) is 5.00 Å². The number of hydrogen-bond acceptors (Lipinski definition) is 9. The SMILES string of the molecule is O=C(CSc1nnc(-c2ccncc2)n1-c1ccccc1)NN=Cc1ccc([N+](=O)[O-])s1. The number of amides is 1. The predicted molar refractivity (Wildman–Crippen MR) is 122 cm³/mol. The van der Waals surface area contributed by atoms with Crippen LogP contribution in [-0.2, 0) is 4.79 Å². The van der Waals surface area contributed by atoms with Gasteiger partial charge in [-0.05, 0) is 30.3 Å². The van der Waals surface area contributed by atoms with Crippen molar-refractivity contribution in [1.82, 2.24) is 25.2 Å². The number of hydrogen-bond donors (Lipinski definition) is 1. The van der Waals surface area contributed by atoms with Gasteiger partial charge >= 0.3 is 5.00 Å². The molecule has 0 fully saturated rings. The number of nitro groups is 1. The van der Waals surface area contributed by atoms with Gasteiger partial charge in [-0.3, -0.25) is 24.5 Å². The van der Waals surface area contributed by atoms with Gasteiger partial charge < -0.3 is 0 Å². The number of rotatable bonds is 8. The molecule has 4 aromatic rings. The minimum atomic E-state index is -0.472. The maximum Gasteiger partial charge on any atom is 0.324 e. The lowest BCUT2D eigenvalue weighted by Gasteiger charge is -2.09. The molecule has 12 heteroatoms. The number of nitrogens with zero attached hydrogens (tertiary/aromatic N) is 6. The Bertz CT molecular complexity index is 1260. The number of nitrogens with one attached hydrogen (secondary N) is 1. The Balaban J connectivity index is 1.46. The Morgan fingerprint density at radius 2 is 1.94 bits per heavy atom. The monoisotopic (exact) mass is 465 g/mol. The van der Waals surface area contributed by atoms with E-state index < -0.39 is 4.92 Å². The molecule has 0 bridgehead atoms. The van der Waals surface area contributed by atoms with E-state index in [2.05, 4.69) is 25.7 Å². The number of hydrazone groups is 1. The smallest absolute Gasteiger partial charge is 0.272 e. The molecule has 1 aromatic carbocycles. The summed E-state index contributed by atoms with van der Waals surface area (Å²) in [6.07, 6.45) is 4.73. The molecule has 0 saturated heterocycles. The zero-order valence-corrected chi connectivity index (χ0v) is 18.0. The molecule has 0 unspecified atom stereocenters. The van der Waals surface area contributed by atoms with Crippen LogP contribution in [0.25, 0.3) is 17.1 Å². The first-order valence-corrected chi connectivity index (χ1v) is 11.0. The van der Waals surface area contributed by atoms with Gasteiger partial charge in [0.2, 0.25) is 0 Å². The maximum absolute atomic E-state index is 12.2. The van der Waals surface area contributed by atoms with Crippen molar-refractivity contribution in [2.24, 2.45) is 5.10 Å². The number of thiophene rings is 1. The van der Waals surface area contributed by atoms with Gasteiger partial charge in [0.1, 0.15) is 0 Å². The van der Waals surface area contributed by atoms with E-state index in [0.29, 0.717) is 15.9 Å². The van der Waals surface area contributed by atoms with Gasteiger partial charge in [-0.25, -0.2) is 5.43 Å². The third-order valence-corrected chi connectivity index (χ3v) is 5.99. The summed E-state index contributed by atoms with van der Waals surface area (Å²) < 4.78 is 1.88. The van der Waals surface area contributed by atoms with Gasteiger partial charge in [0, 0.05) is 29.7 Å². The molecule has 0 atom stereocenters. The highest BCUT2D eigenvalue weighted by molar-refractivity contribution is 7.99. The van der Waals surface area contributed by atoms with Crippen LogP contribution in [-0.4, -0.2) is 42.5 Å². The summed E-state index contributed by atoms with van der Waals surface area (Å²) in [6, 6.07) is 16.2. The minimum absolute atomic E-state index is 0.0126. The van der Waals surface area contributed by atoms with Crippen LogP contribution in [0.3, 0.4) is 0 Å². The molecule has 0 aliphatic rings. The molecule has 0 spiro atoms. The van der Waals surface area contributed by atoms with Crippen molar-refractivity contribution in [3.8, 4) is 17.1 Å². The van der Waals surface area contributed by atoms with Crippen molar-refractivity contribution < 1.29 is 9.72 Å². The Hall–Kier alpha value is -3.90. The van der Waals surface area contributed by atoms with Crippen LogP contribution in [0.15, 0.2) is 77.2 Å². The number of thioether (sulfide) groups is 1. The fourth-order valence-corrected chi connectivity index (χ4v) is 4.14. The summed E-state index contributed by atoms with van der Waals surface area (Å²) in [7, 11) is 0. The van der Waals surface area contributed by atoms with E-state index in [9.17, 15) is 14.9 Å². The van der Waals surface area contributed by atoms with Crippen LogP contribution >= 0.6 is 23.1 Å². The van der Waals surface area contributed by atoms with Crippen LogP contribution in [0.5, 0.6) is 0 Å². The third kappa shape index (κ3) is 5.04. The first kappa shape index (κ1) is 21.3. The molecular formula is C20H15N7O3S2. The molecule has 3 aromatic heterocycles. The summed E-state index contributed by atoms with van der Waals surface area (Å²) in [5.74, 6) is 0.354. The third-order valence-electron chi connectivity index (χ3n) is 4.09. The fourth-order valence-electron chi connectivity index (χ4n) is 2.70. The van der Waals surface area contributed by atoms with Crippen molar-refractivity contribution in [1.29, 1.82) is 0 Å². The fraction of sp³-hybridized carbons (Fsp3) is 0.0500. The minimum Gasteiger partial charge on any atom is -0.272 e. The summed E-state index contributed by atoms with van der Waals surface area (Å²) in [6.45, 7) is 0. The maximum atomic E-state index is 12.2. The number of para-hydroxylation sites is 1. The summed E-state index contributed by atoms with van der Waals surface area (Å²) >= 11 is 2.19.